The Labute approximate surface area is 204 Å². The van der Waals surface area contributed by atoms with E-state index in [1.807, 2.05) is 0 Å². The Kier molecular flexibility index (Phi) is 5.87. The van der Waals surface area contributed by atoms with Gasteiger partial charge in [-0.15, -0.1) is 5.10 Å². The summed E-state index contributed by atoms with van der Waals surface area (Å²) < 4.78 is 43.0. The minimum atomic E-state index is -4.51. The average molecular weight is 512 g/mol. The van der Waals surface area contributed by atoms with Gasteiger partial charge in [-0.3, -0.25) is 9.59 Å². The predicted molar refractivity (Wildman–Crippen MR) is 121 cm³/mol. The fourth-order valence-electron chi connectivity index (χ4n) is 5.49. The van der Waals surface area contributed by atoms with E-state index in [0.29, 0.717) is 30.9 Å². The number of hydrogen-bond donors (Lipinski definition) is 2. The molecule has 1 saturated carbocycles. The van der Waals surface area contributed by atoms with Crippen LogP contribution in [0.3, 0.4) is 0 Å². The smallest absolute Gasteiger partial charge is 0.398 e. The number of hydrogen-bond acceptors (Lipinski definition) is 5. The molecule has 1 aromatic heterocycles. The molecule has 2 N–H and O–H groups in total. The summed E-state index contributed by atoms with van der Waals surface area (Å²) in [5, 5.41) is 24.2. The van der Waals surface area contributed by atoms with E-state index in [0.717, 1.165) is 18.4 Å². The van der Waals surface area contributed by atoms with E-state index < -0.39 is 35.5 Å². The number of rotatable bonds is 4. The minimum Gasteiger partial charge on any atom is -0.481 e. The molecule has 2 aromatic rings. The van der Waals surface area contributed by atoms with Crippen LogP contribution in [0.15, 0.2) is 18.2 Å². The van der Waals surface area contributed by atoms with E-state index in [-0.39, 0.29) is 42.0 Å². The lowest BCUT2D eigenvalue weighted by molar-refractivity contribution is -0.160. The highest BCUT2D eigenvalue weighted by Gasteiger charge is 2.65. The van der Waals surface area contributed by atoms with E-state index in [1.54, 1.807) is 4.90 Å². The Hall–Kier alpha value is -2.59. The molecule has 2 fully saturated rings. The molecule has 1 aromatic carbocycles. The molecule has 0 bridgehead atoms. The van der Waals surface area contributed by atoms with E-state index in [2.05, 4.69) is 5.10 Å². The molecule has 35 heavy (non-hydrogen) atoms. The van der Waals surface area contributed by atoms with Gasteiger partial charge in [-0.25, -0.2) is 0 Å². The summed E-state index contributed by atoms with van der Waals surface area (Å²) in [4.78, 5) is 26.9. The summed E-state index contributed by atoms with van der Waals surface area (Å²) in [5.74, 6) is -2.17. The zero-order valence-corrected chi connectivity index (χ0v) is 19.6. The number of nitrogens with zero attached hydrogens (tertiary/aromatic N) is 3. The number of carboxylic acid groups (broad SMARTS) is 1. The Morgan fingerprint density at radius 3 is 2.51 bits per heavy atom. The number of β-amino-alcohol motifs (C(OH)–C–C–N with tert-alkyl or cyclic N) is 1. The van der Waals surface area contributed by atoms with Crippen molar-refractivity contribution in [1.29, 1.82) is 0 Å². The summed E-state index contributed by atoms with van der Waals surface area (Å²) in [5.41, 5.74) is -0.940. The maximum atomic E-state index is 14.0. The van der Waals surface area contributed by atoms with Crippen LogP contribution in [0.2, 0.25) is 5.02 Å². The van der Waals surface area contributed by atoms with Gasteiger partial charge in [-0.05, 0) is 56.6 Å². The second-order valence-corrected chi connectivity index (χ2v) is 10.1. The van der Waals surface area contributed by atoms with E-state index in [4.69, 9.17) is 11.6 Å². The molecule has 5 rings (SSSR count). The van der Waals surface area contributed by atoms with Gasteiger partial charge in [-0.1, -0.05) is 23.7 Å². The molecule has 2 heterocycles. The predicted octanol–water partition coefficient (Wildman–Crippen LogP) is 3.97. The Morgan fingerprint density at radius 1 is 1.17 bits per heavy atom. The third-order valence-corrected chi connectivity index (χ3v) is 7.90. The highest BCUT2D eigenvalue weighted by molar-refractivity contribution is 6.34. The van der Waals surface area contributed by atoms with Crippen molar-refractivity contribution < 1.29 is 33.0 Å². The number of anilines is 1. The lowest BCUT2D eigenvalue weighted by atomic mass is 9.90. The van der Waals surface area contributed by atoms with Crippen molar-refractivity contribution in [3.63, 3.8) is 0 Å². The summed E-state index contributed by atoms with van der Waals surface area (Å²) in [6.45, 7) is 0.378. The summed E-state index contributed by atoms with van der Waals surface area (Å²) in [7, 11) is 0. The molecule has 7 nitrogen and oxygen atoms in total. The third-order valence-electron chi connectivity index (χ3n) is 7.59. The van der Waals surface area contributed by atoms with Crippen LogP contribution >= 0.6 is 11.6 Å². The fraction of sp³-hybridized carbons (Fsp3) is 0.542. The van der Waals surface area contributed by atoms with Gasteiger partial charge in [0.25, 0.3) is 5.91 Å². The molecule has 2 atom stereocenters. The number of piperidine rings is 1. The topological polar surface area (TPSA) is 95.7 Å². The Bertz CT molecular complexity index is 1190. The van der Waals surface area contributed by atoms with Crippen LogP contribution < -0.4 is 4.90 Å². The van der Waals surface area contributed by atoms with Crippen molar-refractivity contribution in [3.8, 4) is 0 Å². The van der Waals surface area contributed by atoms with Gasteiger partial charge < -0.3 is 15.1 Å². The number of alkyl halides is 3. The molecule has 1 unspecified atom stereocenters. The van der Waals surface area contributed by atoms with Crippen LogP contribution in [0.4, 0.5) is 19.0 Å². The largest absolute Gasteiger partial charge is 0.481 e. The normalized spacial score (nSPS) is 23.6. The fourth-order valence-corrected chi connectivity index (χ4v) is 5.75. The SMILES string of the molecule is O=C(O)C1CCN(c2nn(C(=O)c3c(Cl)cccc3C3(C(F)(F)F)CC3)c3c2CCCC3)C[C@H]1O. The maximum Gasteiger partial charge on any atom is 0.398 e. The monoisotopic (exact) mass is 511 g/mol. The zero-order chi connectivity index (χ0) is 25.1. The quantitative estimate of drug-likeness (QED) is 0.645. The summed E-state index contributed by atoms with van der Waals surface area (Å²) in [6.07, 6.45) is -2.76. The standard InChI is InChI=1S/C24H25ClF3N3O4/c25-16-6-3-5-15(23(9-10-23)24(26,27)28)19(16)21(33)31-17-7-2-1-4-13(17)20(29-31)30-11-8-14(22(34)35)18(32)12-30/h3,5-6,14,18,32H,1-2,4,7-12H2,(H,34,35)/t14?,18-/m1/s1. The molecular formula is C24H25ClF3N3O4. The van der Waals surface area contributed by atoms with Gasteiger partial charge in [-0.2, -0.15) is 17.9 Å². The van der Waals surface area contributed by atoms with Gasteiger partial charge in [0.1, 0.15) is 0 Å². The first-order chi connectivity index (χ1) is 16.5. The second-order valence-electron chi connectivity index (χ2n) is 9.66. The number of halogens is 4. The number of carbonyl (C=O) groups is 2. The average Bonchev–Trinajstić information content (AvgIpc) is 3.54. The lowest BCUT2D eigenvalue weighted by Crippen LogP contribution is -2.47. The molecule has 11 heteroatoms. The molecule has 0 amide bonds. The van der Waals surface area contributed by atoms with Crippen molar-refractivity contribution in [3.05, 3.63) is 45.6 Å². The maximum absolute atomic E-state index is 14.0. The first-order valence-corrected chi connectivity index (χ1v) is 12.1. The van der Waals surface area contributed by atoms with Gasteiger partial charge >= 0.3 is 12.1 Å². The van der Waals surface area contributed by atoms with Crippen molar-refractivity contribution >= 4 is 29.3 Å². The van der Waals surface area contributed by atoms with Crippen LogP contribution in [0.25, 0.3) is 0 Å². The van der Waals surface area contributed by atoms with Crippen LogP contribution in [0.5, 0.6) is 0 Å². The Balaban J connectivity index is 1.56. The molecule has 0 radical (unpaired) electrons. The number of fused-ring (bicyclic) bond motifs is 1. The van der Waals surface area contributed by atoms with Crippen LogP contribution in [0.1, 0.15) is 59.3 Å². The number of carbonyl (C=O) groups excluding carboxylic acids is 1. The van der Waals surface area contributed by atoms with Gasteiger partial charge in [0.15, 0.2) is 5.82 Å². The third kappa shape index (κ3) is 3.91. The number of aromatic nitrogens is 2. The summed E-state index contributed by atoms with van der Waals surface area (Å²) >= 11 is 6.33. The number of carboxylic acids is 1. The van der Waals surface area contributed by atoms with Gasteiger partial charge in [0, 0.05) is 18.7 Å². The molecule has 3 aliphatic rings. The molecule has 188 valence electrons. The lowest BCUT2D eigenvalue weighted by Gasteiger charge is -2.34. The van der Waals surface area contributed by atoms with Crippen molar-refractivity contribution in [2.24, 2.45) is 5.92 Å². The minimum absolute atomic E-state index is 0.0448. The van der Waals surface area contributed by atoms with E-state index in [9.17, 15) is 33.0 Å². The van der Waals surface area contributed by atoms with Crippen molar-refractivity contribution in [1.82, 2.24) is 9.78 Å². The highest BCUT2D eigenvalue weighted by atomic mass is 35.5. The number of aliphatic hydroxyl groups is 1. The van der Waals surface area contributed by atoms with Gasteiger partial charge in [0.05, 0.1) is 33.7 Å². The second kappa shape index (κ2) is 8.51. The van der Waals surface area contributed by atoms with Gasteiger partial charge in [0.2, 0.25) is 0 Å². The van der Waals surface area contributed by atoms with Crippen LogP contribution in [0, 0.1) is 5.92 Å². The Morgan fingerprint density at radius 2 is 1.89 bits per heavy atom. The number of aliphatic hydroxyl groups excluding tert-OH is 1. The van der Waals surface area contributed by atoms with Crippen LogP contribution in [-0.2, 0) is 23.1 Å². The number of aliphatic carboxylic acids is 1. The molecule has 1 aliphatic heterocycles. The van der Waals surface area contributed by atoms with Crippen LogP contribution in [-0.4, -0.2) is 57.2 Å². The molecule has 2 aliphatic carbocycles. The van der Waals surface area contributed by atoms with Crippen molar-refractivity contribution in [2.45, 2.75) is 62.6 Å². The molecule has 0 spiro atoms. The first kappa shape index (κ1) is 24.1. The molecular weight excluding hydrogens is 487 g/mol. The van der Waals surface area contributed by atoms with Crippen molar-refractivity contribution in [2.75, 3.05) is 18.0 Å². The highest BCUT2D eigenvalue weighted by Crippen LogP contribution is 2.60. The summed E-state index contributed by atoms with van der Waals surface area (Å²) in [6, 6.07) is 4.16. The first-order valence-electron chi connectivity index (χ1n) is 11.7. The van der Waals surface area contributed by atoms with E-state index >= 15 is 0 Å². The molecule has 1 saturated heterocycles. The van der Waals surface area contributed by atoms with E-state index in [1.165, 1.54) is 22.9 Å². The number of benzene rings is 1. The zero-order valence-electron chi connectivity index (χ0n) is 18.8.